The number of piperazine rings is 1. The van der Waals surface area contributed by atoms with Crippen LogP contribution in [0.2, 0.25) is 10.0 Å². The van der Waals surface area contributed by atoms with E-state index in [0.717, 1.165) is 5.56 Å². The average Bonchev–Trinajstić information content (AvgIpc) is 2.70. The standard InChI is InChI=1S/C19H20Cl2N2O4S/c1-27-19(24)15-4-2-14(3-5-15)13-22-8-10-23(11-9-22)28(25,26)16-6-7-17(20)18(21)12-16/h2-7,12H,8-11,13H2,1H3. The summed E-state index contributed by atoms with van der Waals surface area (Å²) in [5.41, 5.74) is 1.55. The summed E-state index contributed by atoms with van der Waals surface area (Å²) in [5, 5.41) is 0.542. The first-order chi connectivity index (χ1) is 13.3. The highest BCUT2D eigenvalue weighted by Crippen LogP contribution is 2.27. The first-order valence-electron chi connectivity index (χ1n) is 8.66. The second-order valence-electron chi connectivity index (χ2n) is 6.44. The molecule has 9 heteroatoms. The van der Waals surface area contributed by atoms with E-state index >= 15 is 0 Å². The van der Waals surface area contributed by atoms with Gasteiger partial charge in [-0.1, -0.05) is 35.3 Å². The lowest BCUT2D eigenvalue weighted by atomic mass is 10.1. The van der Waals surface area contributed by atoms with Gasteiger partial charge in [-0.2, -0.15) is 4.31 Å². The van der Waals surface area contributed by atoms with Crippen molar-refractivity contribution in [3.05, 3.63) is 63.6 Å². The zero-order valence-electron chi connectivity index (χ0n) is 15.3. The van der Waals surface area contributed by atoms with E-state index in [4.69, 9.17) is 27.9 Å². The number of carbonyl (C=O) groups is 1. The van der Waals surface area contributed by atoms with E-state index in [0.29, 0.717) is 43.3 Å². The van der Waals surface area contributed by atoms with Crippen molar-refractivity contribution >= 4 is 39.2 Å². The molecule has 0 spiro atoms. The van der Waals surface area contributed by atoms with E-state index in [2.05, 4.69) is 4.90 Å². The molecule has 1 aliphatic rings. The molecular formula is C19H20Cl2N2O4S. The van der Waals surface area contributed by atoms with E-state index in [1.165, 1.54) is 29.6 Å². The van der Waals surface area contributed by atoms with Gasteiger partial charge < -0.3 is 4.74 Å². The highest BCUT2D eigenvalue weighted by Gasteiger charge is 2.28. The first kappa shape index (κ1) is 21.1. The van der Waals surface area contributed by atoms with Gasteiger partial charge in [0.15, 0.2) is 0 Å². The fraction of sp³-hybridized carbons (Fsp3) is 0.316. The second-order valence-corrected chi connectivity index (χ2v) is 9.20. The number of ether oxygens (including phenoxy) is 1. The lowest BCUT2D eigenvalue weighted by Crippen LogP contribution is -2.48. The molecule has 0 aromatic heterocycles. The van der Waals surface area contributed by atoms with Crippen molar-refractivity contribution in [3.63, 3.8) is 0 Å². The van der Waals surface area contributed by atoms with Crippen LogP contribution in [0.1, 0.15) is 15.9 Å². The van der Waals surface area contributed by atoms with Crippen LogP contribution in [-0.2, 0) is 21.3 Å². The normalized spacial score (nSPS) is 16.1. The Morgan fingerprint density at radius 3 is 2.21 bits per heavy atom. The van der Waals surface area contributed by atoms with E-state index in [9.17, 15) is 13.2 Å². The van der Waals surface area contributed by atoms with Gasteiger partial charge in [-0.3, -0.25) is 4.90 Å². The highest BCUT2D eigenvalue weighted by molar-refractivity contribution is 7.89. The number of hydrogen-bond donors (Lipinski definition) is 0. The molecule has 6 nitrogen and oxygen atoms in total. The smallest absolute Gasteiger partial charge is 0.337 e. The number of sulfonamides is 1. The largest absolute Gasteiger partial charge is 0.465 e. The summed E-state index contributed by atoms with van der Waals surface area (Å²) in [7, 11) is -2.25. The van der Waals surface area contributed by atoms with Crippen LogP contribution in [-0.4, -0.2) is 56.9 Å². The van der Waals surface area contributed by atoms with Crippen molar-refractivity contribution < 1.29 is 17.9 Å². The summed E-state index contributed by atoms with van der Waals surface area (Å²) in [6.45, 7) is 2.69. The topological polar surface area (TPSA) is 66.9 Å². The van der Waals surface area contributed by atoms with Gasteiger partial charge in [-0.05, 0) is 35.9 Å². The maximum absolute atomic E-state index is 12.8. The molecule has 0 unspecified atom stereocenters. The molecule has 2 aromatic rings. The van der Waals surface area contributed by atoms with Crippen molar-refractivity contribution in [2.45, 2.75) is 11.4 Å². The number of carbonyl (C=O) groups excluding carboxylic acids is 1. The number of methoxy groups -OCH3 is 1. The summed E-state index contributed by atoms with van der Waals surface area (Å²) < 4.78 is 31.8. The van der Waals surface area contributed by atoms with E-state index in [1.54, 1.807) is 12.1 Å². The highest BCUT2D eigenvalue weighted by atomic mass is 35.5. The van der Waals surface area contributed by atoms with Crippen LogP contribution in [0, 0.1) is 0 Å². The number of esters is 1. The van der Waals surface area contributed by atoms with E-state index < -0.39 is 10.0 Å². The molecule has 150 valence electrons. The Balaban J connectivity index is 1.61. The van der Waals surface area contributed by atoms with Gasteiger partial charge in [0.2, 0.25) is 10.0 Å². The molecule has 2 aromatic carbocycles. The molecule has 0 saturated carbocycles. The van der Waals surface area contributed by atoms with Crippen molar-refractivity contribution in [2.75, 3.05) is 33.3 Å². The number of rotatable bonds is 5. The Kier molecular flexibility index (Phi) is 6.62. The molecule has 28 heavy (non-hydrogen) atoms. The summed E-state index contributed by atoms with van der Waals surface area (Å²) in [5.74, 6) is -0.368. The lowest BCUT2D eigenvalue weighted by molar-refractivity contribution is 0.0600. The van der Waals surface area contributed by atoms with Crippen LogP contribution < -0.4 is 0 Å². The zero-order valence-corrected chi connectivity index (χ0v) is 17.6. The Morgan fingerprint density at radius 2 is 1.64 bits per heavy atom. The molecule has 3 rings (SSSR count). The maximum Gasteiger partial charge on any atom is 0.337 e. The van der Waals surface area contributed by atoms with Crippen LogP contribution in [0.3, 0.4) is 0 Å². The lowest BCUT2D eigenvalue weighted by Gasteiger charge is -2.34. The summed E-state index contributed by atoms with van der Waals surface area (Å²) in [6, 6.07) is 11.6. The van der Waals surface area contributed by atoms with Gasteiger partial charge in [0, 0.05) is 32.7 Å². The van der Waals surface area contributed by atoms with Gasteiger partial charge in [0.05, 0.1) is 27.6 Å². The van der Waals surface area contributed by atoms with Gasteiger partial charge in [-0.25, -0.2) is 13.2 Å². The molecular weight excluding hydrogens is 423 g/mol. The third kappa shape index (κ3) is 4.67. The minimum atomic E-state index is -3.60. The molecule has 0 atom stereocenters. The molecule has 0 radical (unpaired) electrons. The molecule has 0 amide bonds. The third-order valence-corrected chi connectivity index (χ3v) is 7.27. The maximum atomic E-state index is 12.8. The molecule has 1 aliphatic heterocycles. The van der Waals surface area contributed by atoms with E-state index in [-0.39, 0.29) is 15.9 Å². The predicted molar refractivity (Wildman–Crippen MR) is 108 cm³/mol. The predicted octanol–water partition coefficient (Wildman–Crippen LogP) is 3.29. The number of benzene rings is 2. The Morgan fingerprint density at radius 1 is 1.00 bits per heavy atom. The number of halogens is 2. The summed E-state index contributed by atoms with van der Waals surface area (Å²) >= 11 is 11.8. The van der Waals surface area contributed by atoms with Gasteiger partial charge in [0.25, 0.3) is 0 Å². The van der Waals surface area contributed by atoms with Gasteiger partial charge >= 0.3 is 5.97 Å². The van der Waals surface area contributed by atoms with Crippen LogP contribution in [0.4, 0.5) is 0 Å². The minimum absolute atomic E-state index is 0.147. The molecule has 0 bridgehead atoms. The van der Waals surface area contributed by atoms with Gasteiger partial charge in [-0.15, -0.1) is 0 Å². The Hall–Kier alpha value is -1.64. The van der Waals surface area contributed by atoms with E-state index in [1.807, 2.05) is 12.1 Å². The molecule has 0 N–H and O–H groups in total. The minimum Gasteiger partial charge on any atom is -0.465 e. The second kappa shape index (κ2) is 8.80. The Bertz CT molecular complexity index is 956. The number of nitrogens with zero attached hydrogens (tertiary/aromatic N) is 2. The third-order valence-electron chi connectivity index (χ3n) is 4.64. The van der Waals surface area contributed by atoms with Crippen LogP contribution in [0.25, 0.3) is 0 Å². The zero-order chi connectivity index (χ0) is 20.3. The molecule has 1 saturated heterocycles. The molecule has 1 fully saturated rings. The SMILES string of the molecule is COC(=O)c1ccc(CN2CCN(S(=O)(=O)c3ccc(Cl)c(Cl)c3)CC2)cc1. The van der Waals surface area contributed by atoms with Crippen molar-refractivity contribution in [3.8, 4) is 0 Å². The van der Waals surface area contributed by atoms with Crippen molar-refractivity contribution in [2.24, 2.45) is 0 Å². The Labute approximate surface area is 174 Å². The first-order valence-corrected chi connectivity index (χ1v) is 10.9. The van der Waals surface area contributed by atoms with Crippen molar-refractivity contribution in [1.82, 2.24) is 9.21 Å². The quantitative estimate of drug-likeness (QED) is 0.664. The monoisotopic (exact) mass is 442 g/mol. The van der Waals surface area contributed by atoms with Crippen LogP contribution >= 0.6 is 23.2 Å². The number of hydrogen-bond acceptors (Lipinski definition) is 5. The average molecular weight is 443 g/mol. The fourth-order valence-corrected chi connectivity index (χ4v) is 4.85. The van der Waals surface area contributed by atoms with Crippen LogP contribution in [0.5, 0.6) is 0 Å². The fourth-order valence-electron chi connectivity index (χ4n) is 3.04. The summed E-state index contributed by atoms with van der Waals surface area (Å²) in [4.78, 5) is 13.8. The summed E-state index contributed by atoms with van der Waals surface area (Å²) in [6.07, 6.45) is 0. The van der Waals surface area contributed by atoms with Crippen molar-refractivity contribution in [1.29, 1.82) is 0 Å². The van der Waals surface area contributed by atoms with Crippen LogP contribution in [0.15, 0.2) is 47.4 Å². The van der Waals surface area contributed by atoms with Gasteiger partial charge in [0.1, 0.15) is 0 Å². The molecule has 1 heterocycles. The molecule has 0 aliphatic carbocycles.